The largest absolute Gasteiger partial charge is 0.370 e. The van der Waals surface area contributed by atoms with Crippen LogP contribution in [0.3, 0.4) is 0 Å². The number of hydrogen-bond donors (Lipinski definition) is 3. The van der Waals surface area contributed by atoms with Crippen LogP contribution >= 0.6 is 0 Å². The molecule has 7 nitrogen and oxygen atoms in total. The molecule has 0 saturated carbocycles. The summed E-state index contributed by atoms with van der Waals surface area (Å²) < 4.78 is 23.7. The van der Waals surface area contributed by atoms with E-state index in [9.17, 15) is 4.39 Å². The van der Waals surface area contributed by atoms with Gasteiger partial charge in [-0.2, -0.15) is 4.99 Å². The van der Waals surface area contributed by atoms with Crippen LogP contribution in [0.25, 0.3) is 0 Å². The van der Waals surface area contributed by atoms with Crippen LogP contribution < -0.4 is 17.2 Å². The highest BCUT2D eigenvalue weighted by Gasteiger charge is 2.12. The van der Waals surface area contributed by atoms with Gasteiger partial charge in [-0.05, 0) is 12.1 Å². The highest BCUT2D eigenvalue weighted by molar-refractivity contribution is 5.93. The predicted octanol–water partition coefficient (Wildman–Crippen LogP) is 0.337. The van der Waals surface area contributed by atoms with Gasteiger partial charge >= 0.3 is 0 Å². The van der Waals surface area contributed by atoms with Crippen LogP contribution in [0.15, 0.2) is 28.2 Å². The quantitative estimate of drug-likeness (QED) is 0.413. The molecule has 0 heterocycles. The average Bonchev–Trinajstić information content (AvgIpc) is 2.33. The molecule has 0 aliphatic heterocycles. The lowest BCUT2D eigenvalue weighted by atomic mass is 10.2. The van der Waals surface area contributed by atoms with E-state index in [1.54, 1.807) is 0 Å². The minimum Gasteiger partial charge on any atom is -0.370 e. The van der Waals surface area contributed by atoms with Crippen LogP contribution in [0.1, 0.15) is 11.9 Å². The summed E-state index contributed by atoms with van der Waals surface area (Å²) in [5.41, 5.74) is 16.3. The van der Waals surface area contributed by atoms with Gasteiger partial charge in [-0.25, -0.2) is 9.38 Å². The first kappa shape index (κ1) is 14.9. The maximum absolute atomic E-state index is 13.6. The first-order chi connectivity index (χ1) is 8.97. The number of rotatable bonds is 4. The van der Waals surface area contributed by atoms with Gasteiger partial charge in [0.05, 0.1) is 0 Å². The van der Waals surface area contributed by atoms with E-state index in [4.69, 9.17) is 26.7 Å². The normalized spacial score (nSPS) is 11.7. The summed E-state index contributed by atoms with van der Waals surface area (Å²) in [6, 6.07) is 4.17. The smallest absolute Gasteiger partial charge is 0.223 e. The van der Waals surface area contributed by atoms with E-state index >= 15 is 0 Å². The topological polar surface area (TPSA) is 121 Å². The number of ether oxygens (including phenoxy) is 2. The van der Waals surface area contributed by atoms with Crippen molar-refractivity contribution in [3.05, 3.63) is 29.6 Å². The van der Waals surface area contributed by atoms with E-state index in [0.29, 0.717) is 5.56 Å². The minimum atomic E-state index is -0.626. The number of nitrogens with zero attached hydrogens (tertiary/aromatic N) is 2. The zero-order chi connectivity index (χ0) is 14.4. The molecule has 0 fully saturated rings. The molecule has 0 spiro atoms. The van der Waals surface area contributed by atoms with Gasteiger partial charge in [0.1, 0.15) is 11.5 Å². The molecule has 0 aromatic heterocycles. The first-order valence-electron chi connectivity index (χ1n) is 5.26. The monoisotopic (exact) mass is 269 g/mol. The third-order valence-electron chi connectivity index (χ3n) is 2.15. The fourth-order valence-corrected chi connectivity index (χ4v) is 1.41. The van der Waals surface area contributed by atoms with E-state index in [1.807, 2.05) is 0 Å². The van der Waals surface area contributed by atoms with Crippen molar-refractivity contribution in [1.29, 1.82) is 0 Å². The fraction of sp³-hybridized carbons (Fsp3) is 0.273. The lowest BCUT2D eigenvalue weighted by molar-refractivity contribution is -0.106. The van der Waals surface area contributed by atoms with Crippen molar-refractivity contribution in [2.24, 2.45) is 27.2 Å². The number of hydrogen-bond acceptors (Lipinski definition) is 3. The SMILES string of the molecule is COC(OC)c1ccc(F)c(N=C(N)N=C(N)N)c1. The Hall–Kier alpha value is -2.19. The first-order valence-corrected chi connectivity index (χ1v) is 5.26. The summed E-state index contributed by atoms with van der Waals surface area (Å²) in [4.78, 5) is 7.27. The Bertz CT molecular complexity index is 496. The molecule has 1 aromatic rings. The van der Waals surface area contributed by atoms with Crippen LogP contribution in [0, 0.1) is 5.82 Å². The molecule has 0 aliphatic rings. The third-order valence-corrected chi connectivity index (χ3v) is 2.15. The third kappa shape index (κ3) is 4.19. The van der Waals surface area contributed by atoms with Crippen molar-refractivity contribution < 1.29 is 13.9 Å². The van der Waals surface area contributed by atoms with E-state index in [0.717, 1.165) is 0 Å². The lowest BCUT2D eigenvalue weighted by Crippen LogP contribution is -2.26. The molecule has 0 atom stereocenters. The summed E-state index contributed by atoms with van der Waals surface area (Å²) in [5.74, 6) is -1.07. The Morgan fingerprint density at radius 1 is 1.21 bits per heavy atom. The summed E-state index contributed by atoms with van der Waals surface area (Å²) >= 11 is 0. The van der Waals surface area contributed by atoms with Gasteiger partial charge in [-0.15, -0.1) is 0 Å². The molecule has 0 aliphatic carbocycles. The van der Waals surface area contributed by atoms with Gasteiger partial charge < -0.3 is 26.7 Å². The van der Waals surface area contributed by atoms with Crippen LogP contribution in [0.5, 0.6) is 0 Å². The Kier molecular flexibility index (Phi) is 5.22. The molecule has 0 bridgehead atoms. The van der Waals surface area contributed by atoms with Gasteiger partial charge in [0.2, 0.25) is 5.96 Å². The number of guanidine groups is 2. The molecule has 0 unspecified atom stereocenters. The van der Waals surface area contributed by atoms with E-state index in [-0.39, 0.29) is 17.6 Å². The van der Waals surface area contributed by atoms with Gasteiger partial charge in [0, 0.05) is 19.8 Å². The van der Waals surface area contributed by atoms with Crippen molar-refractivity contribution in [2.45, 2.75) is 6.29 Å². The van der Waals surface area contributed by atoms with Crippen LogP contribution in [0.2, 0.25) is 0 Å². The molecular weight excluding hydrogens is 253 g/mol. The van der Waals surface area contributed by atoms with Gasteiger partial charge in [0.25, 0.3) is 0 Å². The second-order valence-corrected chi connectivity index (χ2v) is 3.52. The summed E-state index contributed by atoms with van der Waals surface area (Å²) in [5, 5.41) is 0. The van der Waals surface area contributed by atoms with Crippen molar-refractivity contribution in [3.63, 3.8) is 0 Å². The second-order valence-electron chi connectivity index (χ2n) is 3.52. The minimum absolute atomic E-state index is 0.0147. The maximum Gasteiger partial charge on any atom is 0.223 e. The fourth-order valence-electron chi connectivity index (χ4n) is 1.41. The Morgan fingerprint density at radius 2 is 1.84 bits per heavy atom. The summed E-state index contributed by atoms with van der Waals surface area (Å²) in [7, 11) is 2.93. The number of halogens is 1. The van der Waals surface area contributed by atoms with Gasteiger partial charge in [0.15, 0.2) is 12.2 Å². The number of aliphatic imine (C=N–C) groups is 2. The molecule has 104 valence electrons. The van der Waals surface area contributed by atoms with E-state index in [2.05, 4.69) is 9.98 Å². The molecule has 0 radical (unpaired) electrons. The van der Waals surface area contributed by atoms with E-state index in [1.165, 1.54) is 32.4 Å². The molecule has 1 rings (SSSR count). The number of nitrogens with two attached hydrogens (primary N) is 3. The van der Waals surface area contributed by atoms with Crippen LogP contribution in [-0.2, 0) is 9.47 Å². The number of benzene rings is 1. The Balaban J connectivity index is 3.14. The summed E-state index contributed by atoms with van der Waals surface area (Å²) in [6.07, 6.45) is -0.626. The molecule has 0 amide bonds. The highest BCUT2D eigenvalue weighted by atomic mass is 19.1. The van der Waals surface area contributed by atoms with Gasteiger partial charge in [-0.3, -0.25) is 0 Å². The standard InChI is InChI=1S/C11H16FN5O2/c1-18-9(19-2)6-3-4-7(12)8(5-6)16-11(15)17-10(13)14/h3-5,9H,1-2H3,(H6,13,14,15,16,17). The second kappa shape index (κ2) is 6.66. The molecule has 19 heavy (non-hydrogen) atoms. The van der Waals surface area contributed by atoms with Gasteiger partial charge in [-0.1, -0.05) is 6.07 Å². The zero-order valence-electron chi connectivity index (χ0n) is 10.6. The summed E-state index contributed by atoms with van der Waals surface area (Å²) in [6.45, 7) is 0. The van der Waals surface area contributed by atoms with Crippen LogP contribution in [0.4, 0.5) is 10.1 Å². The predicted molar refractivity (Wildman–Crippen MR) is 70.3 cm³/mol. The van der Waals surface area contributed by atoms with E-state index < -0.39 is 12.1 Å². The molecule has 1 aromatic carbocycles. The Labute approximate surface area is 109 Å². The van der Waals surface area contributed by atoms with Crippen molar-refractivity contribution >= 4 is 17.6 Å². The Morgan fingerprint density at radius 3 is 2.37 bits per heavy atom. The molecule has 8 heteroatoms. The number of methoxy groups -OCH3 is 2. The molecular formula is C11H16FN5O2. The van der Waals surface area contributed by atoms with Crippen molar-refractivity contribution in [2.75, 3.05) is 14.2 Å². The molecule has 6 N–H and O–H groups in total. The molecule has 0 saturated heterocycles. The van der Waals surface area contributed by atoms with Crippen molar-refractivity contribution in [1.82, 2.24) is 0 Å². The van der Waals surface area contributed by atoms with Crippen LogP contribution in [-0.4, -0.2) is 26.1 Å². The maximum atomic E-state index is 13.6. The average molecular weight is 269 g/mol. The highest BCUT2D eigenvalue weighted by Crippen LogP contribution is 2.25. The van der Waals surface area contributed by atoms with Crippen molar-refractivity contribution in [3.8, 4) is 0 Å². The zero-order valence-corrected chi connectivity index (χ0v) is 10.6. The lowest BCUT2D eigenvalue weighted by Gasteiger charge is -2.14.